The molecular formula is C11H11F4NaO3S. The summed E-state index contributed by atoms with van der Waals surface area (Å²) in [4.78, 5) is 0. The molecule has 1 aromatic rings. The van der Waals surface area contributed by atoms with Gasteiger partial charge in [-0.15, -0.1) is 0 Å². The predicted octanol–water partition coefficient (Wildman–Crippen LogP) is 2.36. The zero-order valence-corrected chi connectivity index (χ0v) is 10.7. The molecule has 0 aliphatic rings. The van der Waals surface area contributed by atoms with Crippen molar-refractivity contribution in [3.05, 3.63) is 35.4 Å². The van der Waals surface area contributed by atoms with E-state index in [4.69, 9.17) is 0 Å². The summed E-state index contributed by atoms with van der Waals surface area (Å²) in [6, 6.07) is 0. The Morgan fingerprint density at radius 1 is 1.10 bits per heavy atom. The molecule has 0 aromatic heterocycles. The van der Waals surface area contributed by atoms with Gasteiger partial charge in [0.2, 0.25) is 17.4 Å². The van der Waals surface area contributed by atoms with Crippen molar-refractivity contribution in [2.45, 2.75) is 13.3 Å². The molecule has 9 heteroatoms. The first-order valence-corrected chi connectivity index (χ1v) is 6.73. The first-order chi connectivity index (χ1) is 8.75. The van der Waals surface area contributed by atoms with Crippen LogP contribution >= 0.6 is 0 Å². The summed E-state index contributed by atoms with van der Waals surface area (Å²) in [7, 11) is -4.32. The normalized spacial score (nSPS) is 10.8. The molecule has 1 aromatic carbocycles. The second-order valence-corrected chi connectivity index (χ2v) is 5.24. The number of hydrogen-bond donors (Lipinski definition) is 0. The number of hydrogen-bond acceptors (Lipinski definition) is 3. The standard InChI is InChI=1S/C11H10F4O3S.Na.H/c1-3-5-19(16,17)18-11-9(14)7(12)6(4-2)8(13)10(11)15;;/h4H,2-3,5H2,1H3;;. The van der Waals surface area contributed by atoms with Crippen LogP contribution < -0.4 is 4.18 Å². The maximum absolute atomic E-state index is 13.4. The molecule has 108 valence electrons. The molecule has 0 radical (unpaired) electrons. The Labute approximate surface area is 136 Å². The van der Waals surface area contributed by atoms with Gasteiger partial charge in [-0.3, -0.25) is 0 Å². The monoisotopic (exact) mass is 322 g/mol. The molecule has 1 rings (SSSR count). The third kappa shape index (κ3) is 3.97. The fourth-order valence-corrected chi connectivity index (χ4v) is 2.28. The second-order valence-electron chi connectivity index (χ2n) is 3.55. The zero-order chi connectivity index (χ0) is 14.8. The molecule has 20 heavy (non-hydrogen) atoms. The van der Waals surface area contributed by atoms with Gasteiger partial charge in [0.1, 0.15) is 0 Å². The van der Waals surface area contributed by atoms with Crippen LogP contribution in [0.1, 0.15) is 18.9 Å². The van der Waals surface area contributed by atoms with Crippen molar-refractivity contribution in [2.24, 2.45) is 0 Å². The minimum atomic E-state index is -4.32. The van der Waals surface area contributed by atoms with Crippen molar-refractivity contribution in [2.75, 3.05) is 5.75 Å². The van der Waals surface area contributed by atoms with Gasteiger partial charge in [-0.2, -0.15) is 17.2 Å². The van der Waals surface area contributed by atoms with Crippen molar-refractivity contribution < 1.29 is 30.2 Å². The molecule has 0 spiro atoms. The van der Waals surface area contributed by atoms with Gasteiger partial charge in [-0.1, -0.05) is 19.6 Å². The van der Waals surface area contributed by atoms with Gasteiger partial charge >= 0.3 is 39.7 Å². The maximum atomic E-state index is 13.4. The van der Waals surface area contributed by atoms with Crippen molar-refractivity contribution in [3.8, 4) is 5.75 Å². The first kappa shape index (κ1) is 19.4. The van der Waals surface area contributed by atoms with E-state index >= 15 is 0 Å². The van der Waals surface area contributed by atoms with Crippen LogP contribution in [0.5, 0.6) is 5.75 Å². The summed E-state index contributed by atoms with van der Waals surface area (Å²) in [5.74, 6) is -9.54. The van der Waals surface area contributed by atoms with Crippen molar-refractivity contribution in [1.29, 1.82) is 0 Å². The van der Waals surface area contributed by atoms with Gasteiger partial charge in [-0.25, -0.2) is 8.78 Å². The van der Waals surface area contributed by atoms with Crippen molar-refractivity contribution in [1.82, 2.24) is 0 Å². The molecule has 3 nitrogen and oxygen atoms in total. The summed E-state index contributed by atoms with van der Waals surface area (Å²) in [6.45, 7) is 4.48. The van der Waals surface area contributed by atoms with Crippen LogP contribution in [0, 0.1) is 23.3 Å². The Kier molecular flexibility index (Phi) is 7.23. The van der Waals surface area contributed by atoms with Gasteiger partial charge in [0, 0.05) is 0 Å². The van der Waals surface area contributed by atoms with Crippen LogP contribution in [0.25, 0.3) is 6.08 Å². The van der Waals surface area contributed by atoms with Gasteiger partial charge in [0.15, 0.2) is 11.6 Å². The molecule has 0 saturated carbocycles. The summed E-state index contributed by atoms with van der Waals surface area (Å²) in [5, 5.41) is 0. The quantitative estimate of drug-likeness (QED) is 0.362. The Hall–Kier alpha value is -0.570. The Balaban J connectivity index is 0.00000361. The first-order valence-electron chi connectivity index (χ1n) is 5.15. The van der Waals surface area contributed by atoms with Gasteiger partial charge in [0.05, 0.1) is 11.3 Å². The van der Waals surface area contributed by atoms with E-state index in [1.54, 1.807) is 0 Å². The van der Waals surface area contributed by atoms with Crippen LogP contribution in [0.3, 0.4) is 0 Å². The molecule has 0 amide bonds. The molecule has 0 aliphatic carbocycles. The van der Waals surface area contributed by atoms with E-state index in [1.165, 1.54) is 6.92 Å². The average molecular weight is 322 g/mol. The van der Waals surface area contributed by atoms with Gasteiger partial charge in [0.25, 0.3) is 0 Å². The summed E-state index contributed by atoms with van der Waals surface area (Å²) in [6.07, 6.45) is 0.683. The van der Waals surface area contributed by atoms with Crippen molar-refractivity contribution >= 4 is 45.8 Å². The Morgan fingerprint density at radius 2 is 1.55 bits per heavy atom. The predicted molar refractivity (Wildman–Crippen MR) is 68.2 cm³/mol. The Bertz CT molecular complexity index is 588. The summed E-state index contributed by atoms with van der Waals surface area (Å²) < 4.78 is 80.2. The molecule has 0 bridgehead atoms. The topological polar surface area (TPSA) is 43.4 Å². The van der Waals surface area contributed by atoms with Gasteiger partial charge in [-0.05, 0) is 6.42 Å². The van der Waals surface area contributed by atoms with Crippen LogP contribution in [-0.2, 0) is 10.1 Å². The van der Waals surface area contributed by atoms with Gasteiger partial charge < -0.3 is 4.18 Å². The average Bonchev–Trinajstić information content (AvgIpc) is 2.33. The number of halogens is 4. The fraction of sp³-hybridized carbons (Fsp3) is 0.273. The fourth-order valence-electron chi connectivity index (χ4n) is 1.30. The van der Waals surface area contributed by atoms with E-state index in [0.29, 0.717) is 6.08 Å². The van der Waals surface area contributed by atoms with Crippen LogP contribution in [0.4, 0.5) is 17.6 Å². The molecule has 0 atom stereocenters. The molecule has 0 aliphatic heterocycles. The summed E-state index contributed by atoms with van der Waals surface area (Å²) >= 11 is 0. The Morgan fingerprint density at radius 3 is 1.90 bits per heavy atom. The molecular weight excluding hydrogens is 311 g/mol. The van der Waals surface area contributed by atoms with Crippen LogP contribution in [0.2, 0.25) is 0 Å². The van der Waals surface area contributed by atoms with E-state index in [9.17, 15) is 26.0 Å². The molecule has 0 unspecified atom stereocenters. The summed E-state index contributed by atoms with van der Waals surface area (Å²) in [5.41, 5.74) is -1.03. The van der Waals surface area contributed by atoms with E-state index in [-0.39, 0.29) is 36.0 Å². The molecule has 0 saturated heterocycles. The van der Waals surface area contributed by atoms with Crippen LogP contribution in [-0.4, -0.2) is 43.7 Å². The molecule has 0 heterocycles. The third-order valence-electron chi connectivity index (χ3n) is 2.13. The number of rotatable bonds is 5. The zero-order valence-electron chi connectivity index (χ0n) is 9.84. The molecule has 0 fully saturated rings. The SMILES string of the molecule is C=Cc1c(F)c(F)c(OS(=O)(=O)CCC)c(F)c1F.[NaH]. The van der Waals surface area contributed by atoms with E-state index in [2.05, 4.69) is 10.8 Å². The van der Waals surface area contributed by atoms with E-state index in [0.717, 1.165) is 0 Å². The van der Waals surface area contributed by atoms with E-state index < -0.39 is 50.5 Å². The van der Waals surface area contributed by atoms with E-state index in [1.807, 2.05) is 0 Å². The molecule has 0 N–H and O–H groups in total. The van der Waals surface area contributed by atoms with Crippen LogP contribution in [0.15, 0.2) is 6.58 Å². The second kappa shape index (κ2) is 7.44. The number of benzene rings is 1. The van der Waals surface area contributed by atoms with Crippen molar-refractivity contribution in [3.63, 3.8) is 0 Å². The third-order valence-corrected chi connectivity index (χ3v) is 3.45. The minimum absolute atomic E-state index is 0.